The van der Waals surface area contributed by atoms with Gasteiger partial charge in [-0.25, -0.2) is 0 Å². The molecule has 1 N–H and O–H groups in total. The molecule has 0 aromatic heterocycles. The van der Waals surface area contributed by atoms with Gasteiger partial charge in [0, 0.05) is 37.5 Å². The van der Waals surface area contributed by atoms with E-state index < -0.39 is 0 Å². The first kappa shape index (κ1) is 17.3. The van der Waals surface area contributed by atoms with E-state index in [1.165, 1.54) is 31.0 Å². The fourth-order valence-corrected chi connectivity index (χ4v) is 3.69. The van der Waals surface area contributed by atoms with Gasteiger partial charge < -0.3 is 5.32 Å². The zero-order valence-corrected chi connectivity index (χ0v) is 14.6. The lowest BCUT2D eigenvalue weighted by Gasteiger charge is -2.47. The van der Waals surface area contributed by atoms with Crippen LogP contribution in [0.4, 0.5) is 0 Å². The third kappa shape index (κ3) is 6.05. The van der Waals surface area contributed by atoms with E-state index in [2.05, 4.69) is 63.5 Å². The molecule has 1 aliphatic rings. The second kappa shape index (κ2) is 7.90. The van der Waals surface area contributed by atoms with Crippen LogP contribution < -0.4 is 5.32 Å². The molecular formula is C16H34N2S. The molecule has 0 aromatic carbocycles. The number of thioether (sulfide) groups is 1. The summed E-state index contributed by atoms with van der Waals surface area (Å²) in [7, 11) is 0. The third-order valence-electron chi connectivity index (χ3n) is 3.98. The molecule has 1 saturated heterocycles. The van der Waals surface area contributed by atoms with Crippen LogP contribution >= 0.6 is 11.8 Å². The fourth-order valence-electron chi connectivity index (χ4n) is 3.04. The molecule has 0 aliphatic carbocycles. The van der Waals surface area contributed by atoms with Crippen LogP contribution in [0.25, 0.3) is 0 Å². The standard InChI is InChI=1S/C16H34N2S/c1-7-19-9-8-18-12-14(10-13(2)3)17-11-15(18)16(4,5)6/h13-15,17H,7-12H2,1-6H3. The van der Waals surface area contributed by atoms with E-state index in [1.54, 1.807) is 0 Å². The van der Waals surface area contributed by atoms with Crippen LogP contribution in [0.15, 0.2) is 0 Å². The lowest BCUT2D eigenvalue weighted by atomic mass is 9.83. The number of rotatable bonds is 6. The Morgan fingerprint density at radius 1 is 1.32 bits per heavy atom. The molecule has 19 heavy (non-hydrogen) atoms. The summed E-state index contributed by atoms with van der Waals surface area (Å²) in [6.45, 7) is 17.7. The van der Waals surface area contributed by atoms with Gasteiger partial charge in [0.15, 0.2) is 0 Å². The lowest BCUT2D eigenvalue weighted by Crippen LogP contribution is -2.61. The predicted octanol–water partition coefficient (Wildman–Crippen LogP) is 3.47. The maximum atomic E-state index is 3.78. The monoisotopic (exact) mass is 286 g/mol. The summed E-state index contributed by atoms with van der Waals surface area (Å²) in [5.41, 5.74) is 0.368. The molecule has 114 valence electrons. The maximum Gasteiger partial charge on any atom is 0.0270 e. The van der Waals surface area contributed by atoms with E-state index in [0.29, 0.717) is 17.5 Å². The molecule has 0 saturated carbocycles. The summed E-state index contributed by atoms with van der Waals surface area (Å²) in [6, 6.07) is 1.36. The second-order valence-electron chi connectivity index (χ2n) is 7.31. The van der Waals surface area contributed by atoms with Crippen molar-refractivity contribution in [2.24, 2.45) is 11.3 Å². The Balaban J connectivity index is 2.58. The molecular weight excluding hydrogens is 252 g/mol. The normalized spacial score (nSPS) is 26.1. The Bertz CT molecular complexity index is 248. The highest BCUT2D eigenvalue weighted by molar-refractivity contribution is 7.99. The summed E-state index contributed by atoms with van der Waals surface area (Å²) < 4.78 is 0. The maximum absolute atomic E-state index is 3.78. The van der Waals surface area contributed by atoms with Crippen molar-refractivity contribution in [3.63, 3.8) is 0 Å². The second-order valence-corrected chi connectivity index (χ2v) is 8.70. The van der Waals surface area contributed by atoms with Gasteiger partial charge >= 0.3 is 0 Å². The minimum atomic E-state index is 0.368. The molecule has 1 rings (SSSR count). The first-order valence-corrected chi connectivity index (χ1v) is 9.05. The van der Waals surface area contributed by atoms with Crippen LogP contribution in [0.3, 0.4) is 0 Å². The molecule has 3 heteroatoms. The highest BCUT2D eigenvalue weighted by Gasteiger charge is 2.35. The van der Waals surface area contributed by atoms with Crippen LogP contribution in [-0.2, 0) is 0 Å². The van der Waals surface area contributed by atoms with Crippen LogP contribution in [0.2, 0.25) is 0 Å². The van der Waals surface area contributed by atoms with Crippen molar-refractivity contribution < 1.29 is 0 Å². The van der Waals surface area contributed by atoms with E-state index >= 15 is 0 Å². The van der Waals surface area contributed by atoms with Gasteiger partial charge in [-0.1, -0.05) is 41.5 Å². The number of hydrogen-bond donors (Lipinski definition) is 1. The molecule has 1 aliphatic heterocycles. The largest absolute Gasteiger partial charge is 0.311 e. The van der Waals surface area contributed by atoms with Crippen molar-refractivity contribution >= 4 is 11.8 Å². The van der Waals surface area contributed by atoms with Crippen LogP contribution in [0.5, 0.6) is 0 Å². The Morgan fingerprint density at radius 3 is 2.53 bits per heavy atom. The molecule has 1 heterocycles. The number of nitrogens with zero attached hydrogens (tertiary/aromatic N) is 1. The fraction of sp³-hybridized carbons (Fsp3) is 1.00. The molecule has 0 amide bonds. The zero-order chi connectivity index (χ0) is 14.5. The smallest absolute Gasteiger partial charge is 0.0270 e. The Morgan fingerprint density at radius 2 is 2.00 bits per heavy atom. The minimum absolute atomic E-state index is 0.368. The van der Waals surface area contributed by atoms with Crippen molar-refractivity contribution in [2.75, 3.05) is 31.1 Å². The van der Waals surface area contributed by atoms with Gasteiger partial charge in [0.25, 0.3) is 0 Å². The molecule has 2 atom stereocenters. The van der Waals surface area contributed by atoms with Crippen molar-refractivity contribution in [2.45, 2.75) is 60.0 Å². The summed E-state index contributed by atoms with van der Waals surface area (Å²) in [5, 5.41) is 3.78. The zero-order valence-electron chi connectivity index (χ0n) is 13.8. The van der Waals surface area contributed by atoms with Crippen molar-refractivity contribution in [1.29, 1.82) is 0 Å². The molecule has 2 nitrogen and oxygen atoms in total. The van der Waals surface area contributed by atoms with Crippen LogP contribution in [-0.4, -0.2) is 48.1 Å². The molecule has 0 radical (unpaired) electrons. The summed E-state index contributed by atoms with van der Waals surface area (Å²) >= 11 is 2.07. The Kier molecular flexibility index (Phi) is 7.20. The average molecular weight is 287 g/mol. The molecule has 2 unspecified atom stereocenters. The highest BCUT2D eigenvalue weighted by Crippen LogP contribution is 2.27. The van der Waals surface area contributed by atoms with E-state index in [4.69, 9.17) is 0 Å². The summed E-state index contributed by atoms with van der Waals surface area (Å²) in [4.78, 5) is 2.74. The van der Waals surface area contributed by atoms with Gasteiger partial charge in [0.2, 0.25) is 0 Å². The average Bonchev–Trinajstić information content (AvgIpc) is 2.27. The number of hydrogen-bond acceptors (Lipinski definition) is 3. The quantitative estimate of drug-likeness (QED) is 0.753. The molecule has 0 spiro atoms. The first-order valence-electron chi connectivity index (χ1n) is 7.89. The Hall–Kier alpha value is 0.270. The molecule has 0 bridgehead atoms. The van der Waals surface area contributed by atoms with Crippen molar-refractivity contribution in [1.82, 2.24) is 10.2 Å². The third-order valence-corrected chi connectivity index (χ3v) is 4.86. The van der Waals surface area contributed by atoms with E-state index in [-0.39, 0.29) is 0 Å². The van der Waals surface area contributed by atoms with Crippen molar-refractivity contribution in [3.05, 3.63) is 0 Å². The van der Waals surface area contributed by atoms with Crippen molar-refractivity contribution in [3.8, 4) is 0 Å². The summed E-state index contributed by atoms with van der Waals surface area (Å²) in [6.07, 6.45) is 1.30. The minimum Gasteiger partial charge on any atom is -0.311 e. The lowest BCUT2D eigenvalue weighted by molar-refractivity contribution is 0.0570. The van der Waals surface area contributed by atoms with E-state index in [1.807, 2.05) is 0 Å². The number of piperazine rings is 1. The first-order chi connectivity index (χ1) is 8.84. The van der Waals surface area contributed by atoms with Crippen LogP contribution in [0.1, 0.15) is 48.0 Å². The van der Waals surface area contributed by atoms with Gasteiger partial charge in [-0.3, -0.25) is 4.90 Å². The van der Waals surface area contributed by atoms with Gasteiger partial charge in [0.1, 0.15) is 0 Å². The van der Waals surface area contributed by atoms with Gasteiger partial charge in [-0.05, 0) is 23.5 Å². The highest BCUT2D eigenvalue weighted by atomic mass is 32.2. The summed E-state index contributed by atoms with van der Waals surface area (Å²) in [5.74, 6) is 3.30. The number of nitrogens with one attached hydrogen (secondary N) is 1. The van der Waals surface area contributed by atoms with E-state index in [0.717, 1.165) is 12.5 Å². The SMILES string of the molecule is CCSCCN1CC(CC(C)C)NCC1C(C)(C)C. The van der Waals surface area contributed by atoms with Gasteiger partial charge in [-0.15, -0.1) is 0 Å². The molecule has 1 fully saturated rings. The van der Waals surface area contributed by atoms with E-state index in [9.17, 15) is 0 Å². The van der Waals surface area contributed by atoms with Crippen LogP contribution in [0, 0.1) is 11.3 Å². The van der Waals surface area contributed by atoms with Gasteiger partial charge in [-0.2, -0.15) is 11.8 Å². The topological polar surface area (TPSA) is 15.3 Å². The van der Waals surface area contributed by atoms with Gasteiger partial charge in [0.05, 0.1) is 0 Å². The molecule has 0 aromatic rings. The predicted molar refractivity (Wildman–Crippen MR) is 89.1 cm³/mol. The Labute approximate surface area is 125 Å².